The first-order valence-corrected chi connectivity index (χ1v) is 4.70. The monoisotopic (exact) mass is 226 g/mol. The Kier molecular flexibility index (Phi) is 2.50. The normalized spacial score (nSPS) is 11.8. The van der Waals surface area contributed by atoms with Crippen molar-refractivity contribution in [2.45, 2.75) is 13.1 Å². The Hall–Kier alpha value is -1.71. The lowest BCUT2D eigenvalue weighted by atomic mass is 10.0. The third kappa shape index (κ3) is 1.96. The zero-order chi connectivity index (χ0) is 11.8. The molecule has 1 heterocycles. The molecule has 0 aliphatic heterocycles. The van der Waals surface area contributed by atoms with Crippen molar-refractivity contribution in [2.24, 2.45) is 0 Å². The molecular formula is C12H9F3O. The molecule has 0 atom stereocenters. The summed E-state index contributed by atoms with van der Waals surface area (Å²) >= 11 is 0. The summed E-state index contributed by atoms with van der Waals surface area (Å²) in [6.07, 6.45) is -2.88. The fourth-order valence-corrected chi connectivity index (χ4v) is 1.50. The molecule has 1 nitrogen and oxygen atoms in total. The Morgan fingerprint density at radius 2 is 1.88 bits per heavy atom. The third-order valence-electron chi connectivity index (χ3n) is 2.35. The van der Waals surface area contributed by atoms with Crippen molar-refractivity contribution in [2.75, 3.05) is 0 Å². The van der Waals surface area contributed by atoms with Gasteiger partial charge < -0.3 is 4.42 Å². The van der Waals surface area contributed by atoms with Crippen molar-refractivity contribution in [1.82, 2.24) is 0 Å². The molecule has 0 saturated carbocycles. The van der Waals surface area contributed by atoms with E-state index in [0.29, 0.717) is 11.3 Å². The van der Waals surface area contributed by atoms with Crippen LogP contribution < -0.4 is 0 Å². The molecule has 0 fully saturated rings. The Labute approximate surface area is 90.5 Å². The minimum Gasteiger partial charge on any atom is -0.464 e. The number of alkyl halides is 3. The van der Waals surface area contributed by atoms with E-state index in [1.807, 2.05) is 0 Å². The minimum absolute atomic E-state index is 0.448. The van der Waals surface area contributed by atoms with Crippen LogP contribution in [0.1, 0.15) is 11.1 Å². The van der Waals surface area contributed by atoms with E-state index in [9.17, 15) is 13.2 Å². The highest BCUT2D eigenvalue weighted by Gasteiger charge is 2.31. The molecule has 0 amide bonds. The highest BCUT2D eigenvalue weighted by molar-refractivity contribution is 5.63. The number of hydrogen-bond acceptors (Lipinski definition) is 1. The fraction of sp³-hybridized carbons (Fsp3) is 0.167. The van der Waals surface area contributed by atoms with E-state index in [1.54, 1.807) is 19.1 Å². The number of hydrogen-bond donors (Lipinski definition) is 0. The lowest BCUT2D eigenvalue weighted by molar-refractivity contribution is -0.137. The first-order chi connectivity index (χ1) is 7.48. The van der Waals surface area contributed by atoms with Crippen molar-refractivity contribution in [3.05, 3.63) is 47.7 Å². The van der Waals surface area contributed by atoms with Crippen LogP contribution in [0.4, 0.5) is 13.2 Å². The fourth-order valence-electron chi connectivity index (χ4n) is 1.50. The summed E-state index contributed by atoms with van der Waals surface area (Å²) in [5.41, 5.74) is 0.562. The van der Waals surface area contributed by atoms with Gasteiger partial charge in [0, 0.05) is 5.56 Å². The summed E-state index contributed by atoms with van der Waals surface area (Å²) in [5, 5.41) is 0. The maximum Gasteiger partial charge on any atom is 0.416 e. The predicted molar refractivity (Wildman–Crippen MR) is 53.9 cm³/mol. The van der Waals surface area contributed by atoms with Gasteiger partial charge >= 0.3 is 6.18 Å². The molecule has 0 N–H and O–H groups in total. The predicted octanol–water partition coefficient (Wildman–Crippen LogP) is 4.27. The molecular weight excluding hydrogens is 217 g/mol. The van der Waals surface area contributed by atoms with Crippen LogP contribution in [0, 0.1) is 6.92 Å². The van der Waals surface area contributed by atoms with Crippen LogP contribution in [0.25, 0.3) is 11.3 Å². The number of rotatable bonds is 1. The van der Waals surface area contributed by atoms with Gasteiger partial charge in [0.1, 0.15) is 5.76 Å². The quantitative estimate of drug-likeness (QED) is 0.707. The number of aryl methyl sites for hydroxylation is 1. The van der Waals surface area contributed by atoms with E-state index >= 15 is 0 Å². The molecule has 1 aromatic carbocycles. The molecule has 2 rings (SSSR count). The summed E-state index contributed by atoms with van der Waals surface area (Å²) in [5.74, 6) is 0.448. The van der Waals surface area contributed by atoms with Crippen molar-refractivity contribution >= 4 is 0 Å². The molecule has 4 heteroatoms. The SMILES string of the molecule is Cc1ccc(C(F)(F)F)cc1-c1ccco1. The van der Waals surface area contributed by atoms with E-state index in [0.717, 1.165) is 17.7 Å². The van der Waals surface area contributed by atoms with Crippen LogP contribution in [0.2, 0.25) is 0 Å². The van der Waals surface area contributed by atoms with E-state index in [4.69, 9.17) is 4.42 Å². The highest BCUT2D eigenvalue weighted by atomic mass is 19.4. The van der Waals surface area contributed by atoms with Gasteiger partial charge in [0.05, 0.1) is 11.8 Å². The van der Waals surface area contributed by atoms with Crippen molar-refractivity contribution in [1.29, 1.82) is 0 Å². The second-order valence-corrected chi connectivity index (χ2v) is 3.50. The van der Waals surface area contributed by atoms with Gasteiger partial charge in [-0.1, -0.05) is 6.07 Å². The molecule has 0 unspecified atom stereocenters. The van der Waals surface area contributed by atoms with Gasteiger partial charge in [-0.3, -0.25) is 0 Å². The molecule has 0 spiro atoms. The molecule has 0 bridgehead atoms. The minimum atomic E-state index is -4.32. The molecule has 0 aliphatic carbocycles. The number of halogens is 3. The van der Waals surface area contributed by atoms with Crippen LogP contribution in [0.5, 0.6) is 0 Å². The Morgan fingerprint density at radius 1 is 1.12 bits per heavy atom. The van der Waals surface area contributed by atoms with Gasteiger partial charge in [-0.25, -0.2) is 0 Å². The summed E-state index contributed by atoms with van der Waals surface area (Å²) in [6, 6.07) is 6.91. The lowest BCUT2D eigenvalue weighted by Crippen LogP contribution is -2.05. The highest BCUT2D eigenvalue weighted by Crippen LogP contribution is 2.33. The van der Waals surface area contributed by atoms with Crippen LogP contribution in [0.3, 0.4) is 0 Å². The average Bonchev–Trinajstić information content (AvgIpc) is 2.69. The molecule has 84 valence electrons. The van der Waals surface area contributed by atoms with E-state index in [-0.39, 0.29) is 0 Å². The molecule has 16 heavy (non-hydrogen) atoms. The van der Waals surface area contributed by atoms with Crippen molar-refractivity contribution in [3.8, 4) is 11.3 Å². The average molecular weight is 226 g/mol. The largest absolute Gasteiger partial charge is 0.464 e. The summed E-state index contributed by atoms with van der Waals surface area (Å²) in [7, 11) is 0. The molecule has 0 radical (unpaired) electrons. The molecule has 2 aromatic rings. The molecule has 1 aromatic heterocycles. The summed E-state index contributed by atoms with van der Waals surface area (Å²) < 4.78 is 42.6. The van der Waals surface area contributed by atoms with Gasteiger partial charge in [-0.15, -0.1) is 0 Å². The Bertz CT molecular complexity index is 483. The van der Waals surface area contributed by atoms with Crippen LogP contribution in [-0.2, 0) is 6.18 Å². The zero-order valence-electron chi connectivity index (χ0n) is 8.51. The first kappa shape index (κ1) is 10.8. The smallest absolute Gasteiger partial charge is 0.416 e. The van der Waals surface area contributed by atoms with E-state index < -0.39 is 11.7 Å². The van der Waals surface area contributed by atoms with Gasteiger partial charge in [0.2, 0.25) is 0 Å². The van der Waals surface area contributed by atoms with Crippen molar-refractivity contribution < 1.29 is 17.6 Å². The van der Waals surface area contributed by atoms with Crippen molar-refractivity contribution in [3.63, 3.8) is 0 Å². The van der Waals surface area contributed by atoms with Gasteiger partial charge in [0.25, 0.3) is 0 Å². The summed E-state index contributed by atoms with van der Waals surface area (Å²) in [4.78, 5) is 0. The standard InChI is InChI=1S/C12H9F3O/c1-8-4-5-9(12(13,14)15)7-10(8)11-3-2-6-16-11/h2-7H,1H3. The van der Waals surface area contributed by atoms with Crippen LogP contribution in [0.15, 0.2) is 41.0 Å². The number of benzene rings is 1. The third-order valence-corrected chi connectivity index (χ3v) is 2.35. The second-order valence-electron chi connectivity index (χ2n) is 3.50. The molecule has 0 saturated heterocycles. The van der Waals surface area contributed by atoms with Crippen LogP contribution in [-0.4, -0.2) is 0 Å². The Morgan fingerprint density at radius 3 is 2.44 bits per heavy atom. The van der Waals surface area contributed by atoms with Crippen LogP contribution >= 0.6 is 0 Å². The van der Waals surface area contributed by atoms with E-state index in [2.05, 4.69) is 0 Å². The first-order valence-electron chi connectivity index (χ1n) is 4.70. The van der Waals surface area contributed by atoms with Gasteiger partial charge in [-0.2, -0.15) is 13.2 Å². The maximum absolute atomic E-state index is 12.5. The maximum atomic E-state index is 12.5. The molecule has 0 aliphatic rings. The Balaban J connectivity index is 2.54. The zero-order valence-corrected chi connectivity index (χ0v) is 8.51. The second kappa shape index (κ2) is 3.70. The van der Waals surface area contributed by atoms with Gasteiger partial charge in [-0.05, 0) is 36.8 Å². The topological polar surface area (TPSA) is 13.1 Å². The lowest BCUT2D eigenvalue weighted by Gasteiger charge is -2.09. The van der Waals surface area contributed by atoms with Gasteiger partial charge in [0.15, 0.2) is 0 Å². The number of furan rings is 1. The summed E-state index contributed by atoms with van der Waals surface area (Å²) in [6.45, 7) is 1.75. The van der Waals surface area contributed by atoms with E-state index in [1.165, 1.54) is 12.3 Å².